The van der Waals surface area contributed by atoms with Gasteiger partial charge in [-0.25, -0.2) is 9.97 Å². The zero-order chi connectivity index (χ0) is 13.8. The molecule has 0 spiro atoms. The molecule has 2 heterocycles. The van der Waals surface area contributed by atoms with E-state index in [1.807, 2.05) is 13.8 Å². The summed E-state index contributed by atoms with van der Waals surface area (Å²) >= 11 is 0. The van der Waals surface area contributed by atoms with Crippen LogP contribution in [0.1, 0.15) is 50.8 Å². The van der Waals surface area contributed by atoms with Gasteiger partial charge in [-0.05, 0) is 6.42 Å². The summed E-state index contributed by atoms with van der Waals surface area (Å²) in [5.74, 6) is 2.29. The van der Waals surface area contributed by atoms with Crippen molar-refractivity contribution in [3.05, 3.63) is 40.5 Å². The van der Waals surface area contributed by atoms with Crippen molar-refractivity contribution in [3.63, 3.8) is 0 Å². The SMILES string of the molecule is CCC(Nc1cc(=O)[nH]c(C(C)C)n1)c1ncc[nH]1. The third-order valence-corrected chi connectivity index (χ3v) is 2.89. The first-order chi connectivity index (χ1) is 9.10. The molecule has 0 aliphatic rings. The minimum Gasteiger partial charge on any atom is -0.360 e. The predicted octanol–water partition coefficient (Wildman–Crippen LogP) is 2.18. The summed E-state index contributed by atoms with van der Waals surface area (Å²) in [4.78, 5) is 26.1. The van der Waals surface area contributed by atoms with Crippen LogP contribution in [0.5, 0.6) is 0 Å². The largest absolute Gasteiger partial charge is 0.360 e. The van der Waals surface area contributed by atoms with Crippen LogP contribution >= 0.6 is 0 Å². The van der Waals surface area contributed by atoms with Gasteiger partial charge in [0.15, 0.2) is 0 Å². The number of anilines is 1. The Kier molecular flexibility index (Phi) is 3.99. The Bertz CT molecular complexity index is 573. The maximum absolute atomic E-state index is 11.6. The number of H-pyrrole nitrogens is 2. The standard InChI is InChI=1S/C13H19N5O/c1-4-9(13-14-5-6-15-13)16-10-7-11(19)18-12(17-10)8(2)3/h5-9H,4H2,1-3H3,(H,14,15)(H2,16,17,18,19). The van der Waals surface area contributed by atoms with Crippen molar-refractivity contribution >= 4 is 5.82 Å². The fourth-order valence-electron chi connectivity index (χ4n) is 1.83. The molecule has 0 saturated heterocycles. The van der Waals surface area contributed by atoms with Gasteiger partial charge in [-0.2, -0.15) is 0 Å². The first kappa shape index (κ1) is 13.3. The van der Waals surface area contributed by atoms with Crippen LogP contribution in [0.4, 0.5) is 5.82 Å². The van der Waals surface area contributed by atoms with Crippen molar-refractivity contribution in [2.45, 2.75) is 39.2 Å². The van der Waals surface area contributed by atoms with E-state index in [9.17, 15) is 4.79 Å². The molecule has 19 heavy (non-hydrogen) atoms. The maximum atomic E-state index is 11.6. The second-order valence-electron chi connectivity index (χ2n) is 4.75. The molecule has 0 aromatic carbocycles. The minimum atomic E-state index is -0.143. The van der Waals surface area contributed by atoms with Crippen molar-refractivity contribution in [1.82, 2.24) is 19.9 Å². The maximum Gasteiger partial charge on any atom is 0.252 e. The van der Waals surface area contributed by atoms with E-state index >= 15 is 0 Å². The zero-order valence-electron chi connectivity index (χ0n) is 11.4. The molecule has 102 valence electrons. The molecule has 0 radical (unpaired) electrons. The molecule has 1 atom stereocenters. The van der Waals surface area contributed by atoms with Crippen LogP contribution in [-0.4, -0.2) is 19.9 Å². The van der Waals surface area contributed by atoms with E-state index in [1.165, 1.54) is 6.07 Å². The van der Waals surface area contributed by atoms with E-state index in [1.54, 1.807) is 12.4 Å². The van der Waals surface area contributed by atoms with Crippen LogP contribution in [0.25, 0.3) is 0 Å². The van der Waals surface area contributed by atoms with Crippen molar-refractivity contribution < 1.29 is 0 Å². The fraction of sp³-hybridized carbons (Fsp3) is 0.462. The van der Waals surface area contributed by atoms with Crippen molar-refractivity contribution in [1.29, 1.82) is 0 Å². The van der Waals surface area contributed by atoms with E-state index in [-0.39, 0.29) is 17.5 Å². The highest BCUT2D eigenvalue weighted by Gasteiger charge is 2.13. The number of rotatable bonds is 5. The number of aromatic nitrogens is 4. The molecule has 0 aliphatic carbocycles. The van der Waals surface area contributed by atoms with E-state index in [0.29, 0.717) is 11.6 Å². The summed E-state index contributed by atoms with van der Waals surface area (Å²) in [7, 11) is 0. The van der Waals surface area contributed by atoms with Crippen LogP contribution < -0.4 is 10.9 Å². The Morgan fingerprint density at radius 3 is 2.74 bits per heavy atom. The van der Waals surface area contributed by atoms with Crippen LogP contribution in [0.15, 0.2) is 23.3 Å². The van der Waals surface area contributed by atoms with Gasteiger partial charge in [0, 0.05) is 24.4 Å². The first-order valence-electron chi connectivity index (χ1n) is 6.47. The molecule has 0 aliphatic heterocycles. The number of nitrogens with one attached hydrogen (secondary N) is 3. The third kappa shape index (κ3) is 3.21. The van der Waals surface area contributed by atoms with Gasteiger partial charge >= 0.3 is 0 Å². The van der Waals surface area contributed by atoms with Gasteiger partial charge in [-0.1, -0.05) is 20.8 Å². The Morgan fingerprint density at radius 1 is 1.37 bits per heavy atom. The number of hydrogen-bond donors (Lipinski definition) is 3. The fourth-order valence-corrected chi connectivity index (χ4v) is 1.83. The second kappa shape index (κ2) is 5.69. The van der Waals surface area contributed by atoms with Crippen molar-refractivity contribution in [2.24, 2.45) is 0 Å². The van der Waals surface area contributed by atoms with Gasteiger partial charge in [0.25, 0.3) is 5.56 Å². The lowest BCUT2D eigenvalue weighted by molar-refractivity contribution is 0.693. The Morgan fingerprint density at radius 2 is 2.16 bits per heavy atom. The number of nitrogens with zero attached hydrogens (tertiary/aromatic N) is 2. The topological polar surface area (TPSA) is 86.5 Å². The smallest absolute Gasteiger partial charge is 0.252 e. The lowest BCUT2D eigenvalue weighted by atomic mass is 10.2. The molecule has 2 aromatic rings. The molecular formula is C13H19N5O. The van der Waals surface area contributed by atoms with Gasteiger partial charge in [0.2, 0.25) is 0 Å². The number of aromatic amines is 2. The van der Waals surface area contributed by atoms with E-state index in [4.69, 9.17) is 0 Å². The van der Waals surface area contributed by atoms with Crippen molar-refractivity contribution in [2.75, 3.05) is 5.32 Å². The van der Waals surface area contributed by atoms with E-state index < -0.39 is 0 Å². The summed E-state index contributed by atoms with van der Waals surface area (Å²) in [6, 6.07) is 1.49. The highest BCUT2D eigenvalue weighted by molar-refractivity contribution is 5.35. The number of imidazole rings is 1. The molecule has 2 aromatic heterocycles. The zero-order valence-corrected chi connectivity index (χ0v) is 11.4. The summed E-state index contributed by atoms with van der Waals surface area (Å²) < 4.78 is 0. The number of hydrogen-bond acceptors (Lipinski definition) is 4. The lowest BCUT2D eigenvalue weighted by Gasteiger charge is -2.16. The average Bonchev–Trinajstić information content (AvgIpc) is 2.89. The summed E-state index contributed by atoms with van der Waals surface area (Å²) in [6.45, 7) is 6.04. The van der Waals surface area contributed by atoms with Gasteiger partial charge in [0.05, 0.1) is 6.04 Å². The van der Waals surface area contributed by atoms with E-state index in [2.05, 4.69) is 32.2 Å². The van der Waals surface area contributed by atoms with Crippen LogP contribution in [0.3, 0.4) is 0 Å². The predicted molar refractivity (Wildman–Crippen MR) is 74.2 cm³/mol. The Labute approximate surface area is 111 Å². The Balaban J connectivity index is 2.25. The van der Waals surface area contributed by atoms with Crippen molar-refractivity contribution in [3.8, 4) is 0 Å². The van der Waals surface area contributed by atoms with E-state index in [0.717, 1.165) is 12.2 Å². The summed E-state index contributed by atoms with van der Waals surface area (Å²) in [5, 5.41) is 3.24. The van der Waals surface area contributed by atoms with Gasteiger partial charge in [0.1, 0.15) is 17.5 Å². The van der Waals surface area contributed by atoms with Crippen LogP contribution in [0, 0.1) is 0 Å². The molecule has 1 unspecified atom stereocenters. The molecule has 6 heteroatoms. The van der Waals surface area contributed by atoms with Gasteiger partial charge < -0.3 is 15.3 Å². The molecule has 2 rings (SSSR count). The molecular weight excluding hydrogens is 242 g/mol. The lowest BCUT2D eigenvalue weighted by Crippen LogP contribution is -2.18. The highest BCUT2D eigenvalue weighted by atomic mass is 16.1. The molecule has 0 saturated carbocycles. The normalized spacial score (nSPS) is 12.6. The first-order valence-corrected chi connectivity index (χ1v) is 6.47. The average molecular weight is 261 g/mol. The molecule has 0 fully saturated rings. The molecule has 3 N–H and O–H groups in total. The molecule has 0 amide bonds. The Hall–Kier alpha value is -2.11. The molecule has 6 nitrogen and oxygen atoms in total. The molecule has 0 bridgehead atoms. The quantitative estimate of drug-likeness (QED) is 0.770. The highest BCUT2D eigenvalue weighted by Crippen LogP contribution is 2.18. The van der Waals surface area contributed by atoms with Gasteiger partial charge in [-0.15, -0.1) is 0 Å². The van der Waals surface area contributed by atoms with Gasteiger partial charge in [-0.3, -0.25) is 4.79 Å². The third-order valence-electron chi connectivity index (χ3n) is 2.89. The summed E-state index contributed by atoms with van der Waals surface area (Å²) in [5.41, 5.74) is -0.143. The van der Waals surface area contributed by atoms with Crippen LogP contribution in [0.2, 0.25) is 0 Å². The van der Waals surface area contributed by atoms with Crippen LogP contribution in [-0.2, 0) is 0 Å². The monoisotopic (exact) mass is 261 g/mol. The second-order valence-corrected chi connectivity index (χ2v) is 4.75. The minimum absolute atomic E-state index is 0.0179. The summed E-state index contributed by atoms with van der Waals surface area (Å²) in [6.07, 6.45) is 4.34.